The van der Waals surface area contributed by atoms with Crippen LogP contribution in [0.15, 0.2) is 42.5 Å². The van der Waals surface area contributed by atoms with Gasteiger partial charge in [0.05, 0.1) is 6.54 Å². The summed E-state index contributed by atoms with van der Waals surface area (Å²) in [5.74, 6) is 0.159. The highest BCUT2D eigenvalue weighted by atomic mass is 16.5. The Bertz CT molecular complexity index is 769. The van der Waals surface area contributed by atoms with Gasteiger partial charge in [0.25, 0.3) is 5.91 Å². The van der Waals surface area contributed by atoms with E-state index in [0.717, 1.165) is 23.2 Å². The molecule has 0 fully saturated rings. The number of ether oxygens (including phenoxy) is 1. The summed E-state index contributed by atoms with van der Waals surface area (Å²) in [4.78, 5) is 25.7. The second-order valence-electron chi connectivity index (χ2n) is 6.33. The summed E-state index contributed by atoms with van der Waals surface area (Å²) in [6.45, 7) is 5.91. The van der Waals surface area contributed by atoms with E-state index in [-0.39, 0.29) is 25.0 Å². The molecule has 0 unspecified atom stereocenters. The van der Waals surface area contributed by atoms with Crippen LogP contribution < -0.4 is 10.1 Å². The van der Waals surface area contributed by atoms with Crippen LogP contribution >= 0.6 is 0 Å². The first-order valence-electron chi connectivity index (χ1n) is 8.72. The molecule has 1 N–H and O–H groups in total. The van der Waals surface area contributed by atoms with E-state index in [1.807, 2.05) is 56.3 Å². The summed E-state index contributed by atoms with van der Waals surface area (Å²) in [6, 6.07) is 13.4. The van der Waals surface area contributed by atoms with Crippen LogP contribution in [0.25, 0.3) is 0 Å². The van der Waals surface area contributed by atoms with Gasteiger partial charge < -0.3 is 15.0 Å². The van der Waals surface area contributed by atoms with Gasteiger partial charge in [0.2, 0.25) is 5.91 Å². The van der Waals surface area contributed by atoms with Gasteiger partial charge >= 0.3 is 0 Å². The minimum absolute atomic E-state index is 0.0235. The molecule has 5 nitrogen and oxygen atoms in total. The third-order valence-corrected chi connectivity index (χ3v) is 4.38. The zero-order chi connectivity index (χ0) is 19.1. The van der Waals surface area contributed by atoms with E-state index in [1.54, 1.807) is 7.05 Å². The van der Waals surface area contributed by atoms with E-state index in [0.29, 0.717) is 5.75 Å². The molecule has 2 amide bonds. The Hall–Kier alpha value is -2.82. The maximum absolute atomic E-state index is 12.2. The molecule has 0 saturated carbocycles. The van der Waals surface area contributed by atoms with Crippen molar-refractivity contribution in [1.29, 1.82) is 0 Å². The average molecular weight is 354 g/mol. The lowest BCUT2D eigenvalue weighted by Crippen LogP contribution is -2.37. The number of rotatable bonds is 7. The third kappa shape index (κ3) is 5.34. The molecule has 138 valence electrons. The van der Waals surface area contributed by atoms with Gasteiger partial charge in [-0.25, -0.2) is 0 Å². The van der Waals surface area contributed by atoms with E-state index in [2.05, 4.69) is 12.2 Å². The predicted octanol–water partition coefficient (Wildman–Crippen LogP) is 3.34. The van der Waals surface area contributed by atoms with Gasteiger partial charge in [-0.3, -0.25) is 9.59 Å². The van der Waals surface area contributed by atoms with Crippen LogP contribution in [0.2, 0.25) is 0 Å². The second kappa shape index (κ2) is 9.04. The summed E-state index contributed by atoms with van der Waals surface area (Å²) in [7, 11) is 1.59. The van der Waals surface area contributed by atoms with Crippen LogP contribution in [0.1, 0.15) is 23.6 Å². The minimum atomic E-state index is -0.249. The number of nitrogens with one attached hydrogen (secondary N) is 1. The molecular weight excluding hydrogens is 328 g/mol. The number of aryl methyl sites for hydroxylation is 2. The van der Waals surface area contributed by atoms with Crippen LogP contribution in [0.4, 0.5) is 5.69 Å². The van der Waals surface area contributed by atoms with Crippen molar-refractivity contribution < 1.29 is 14.3 Å². The van der Waals surface area contributed by atoms with Crippen LogP contribution in [-0.4, -0.2) is 36.9 Å². The molecule has 0 radical (unpaired) electrons. The Balaban J connectivity index is 1.83. The number of benzene rings is 2. The molecule has 2 aromatic rings. The van der Waals surface area contributed by atoms with Crippen molar-refractivity contribution in [1.82, 2.24) is 4.90 Å². The first-order chi connectivity index (χ1) is 12.4. The molecule has 5 heteroatoms. The van der Waals surface area contributed by atoms with Crippen molar-refractivity contribution in [2.75, 3.05) is 25.5 Å². The molecule has 0 bridgehead atoms. The van der Waals surface area contributed by atoms with Gasteiger partial charge in [-0.05, 0) is 55.2 Å². The Morgan fingerprint density at radius 1 is 1.08 bits per heavy atom. The van der Waals surface area contributed by atoms with Crippen molar-refractivity contribution in [2.24, 2.45) is 0 Å². The highest BCUT2D eigenvalue weighted by Gasteiger charge is 2.14. The normalized spacial score (nSPS) is 10.3. The molecule has 0 spiro atoms. The van der Waals surface area contributed by atoms with Gasteiger partial charge in [0.1, 0.15) is 5.75 Å². The van der Waals surface area contributed by atoms with Crippen molar-refractivity contribution in [3.8, 4) is 5.75 Å². The summed E-state index contributed by atoms with van der Waals surface area (Å²) in [5.41, 5.74) is 4.11. The fourth-order valence-corrected chi connectivity index (χ4v) is 2.46. The summed E-state index contributed by atoms with van der Waals surface area (Å²) >= 11 is 0. The maximum Gasteiger partial charge on any atom is 0.260 e. The number of nitrogens with zero attached hydrogens (tertiary/aromatic N) is 1. The molecule has 0 atom stereocenters. The molecule has 0 aromatic heterocycles. The molecule has 26 heavy (non-hydrogen) atoms. The Labute approximate surface area is 155 Å². The first-order valence-corrected chi connectivity index (χ1v) is 8.72. The lowest BCUT2D eigenvalue weighted by Gasteiger charge is -2.18. The summed E-state index contributed by atoms with van der Waals surface area (Å²) < 4.78 is 5.50. The minimum Gasteiger partial charge on any atom is -0.484 e. The SMILES string of the molecule is CCc1ccc(OCC(=O)N(C)CC(=O)Nc2cccc(C)c2C)cc1. The average Bonchev–Trinajstić information content (AvgIpc) is 2.63. The van der Waals surface area contributed by atoms with Crippen molar-refractivity contribution >= 4 is 17.5 Å². The number of anilines is 1. The number of hydrogen-bond acceptors (Lipinski definition) is 3. The van der Waals surface area contributed by atoms with Crippen LogP contribution in [0.5, 0.6) is 5.75 Å². The number of hydrogen-bond donors (Lipinski definition) is 1. The second-order valence-corrected chi connectivity index (χ2v) is 6.33. The van der Waals surface area contributed by atoms with Crippen LogP contribution in [-0.2, 0) is 16.0 Å². The first kappa shape index (κ1) is 19.5. The largest absolute Gasteiger partial charge is 0.484 e. The van der Waals surface area contributed by atoms with E-state index in [4.69, 9.17) is 4.74 Å². The number of carbonyl (C=O) groups excluding carboxylic acids is 2. The fraction of sp³-hybridized carbons (Fsp3) is 0.333. The zero-order valence-corrected chi connectivity index (χ0v) is 15.8. The zero-order valence-electron chi connectivity index (χ0n) is 15.8. The monoisotopic (exact) mass is 354 g/mol. The molecule has 0 heterocycles. The van der Waals surface area contributed by atoms with Crippen molar-refractivity contribution in [3.05, 3.63) is 59.2 Å². The van der Waals surface area contributed by atoms with Crippen molar-refractivity contribution in [3.63, 3.8) is 0 Å². The molecule has 2 rings (SSSR count). The van der Waals surface area contributed by atoms with Gasteiger partial charge in [0, 0.05) is 12.7 Å². The Morgan fingerprint density at radius 3 is 2.42 bits per heavy atom. The Kier molecular flexibility index (Phi) is 6.78. The van der Waals surface area contributed by atoms with Crippen molar-refractivity contribution in [2.45, 2.75) is 27.2 Å². The standard InChI is InChI=1S/C21H26N2O3/c1-5-17-9-11-18(12-10-17)26-14-21(25)23(4)13-20(24)22-19-8-6-7-15(2)16(19)3/h6-12H,5,13-14H2,1-4H3,(H,22,24). The molecule has 0 aliphatic heterocycles. The smallest absolute Gasteiger partial charge is 0.260 e. The summed E-state index contributed by atoms with van der Waals surface area (Å²) in [6.07, 6.45) is 0.956. The van der Waals surface area contributed by atoms with E-state index >= 15 is 0 Å². The molecule has 0 aliphatic carbocycles. The lowest BCUT2D eigenvalue weighted by atomic mass is 10.1. The highest BCUT2D eigenvalue weighted by molar-refractivity contribution is 5.95. The predicted molar refractivity (Wildman–Crippen MR) is 103 cm³/mol. The fourth-order valence-electron chi connectivity index (χ4n) is 2.46. The van der Waals surface area contributed by atoms with Crippen LogP contribution in [0.3, 0.4) is 0 Å². The topological polar surface area (TPSA) is 58.6 Å². The molecule has 0 aliphatic rings. The van der Waals surface area contributed by atoms with Gasteiger partial charge in [0.15, 0.2) is 6.61 Å². The lowest BCUT2D eigenvalue weighted by molar-refractivity contribution is -0.135. The Morgan fingerprint density at radius 2 is 1.77 bits per heavy atom. The van der Waals surface area contributed by atoms with Gasteiger partial charge in [-0.15, -0.1) is 0 Å². The molecular formula is C21H26N2O3. The number of likely N-dealkylation sites (N-methyl/N-ethyl adjacent to an activating group) is 1. The van der Waals surface area contributed by atoms with E-state index in [9.17, 15) is 9.59 Å². The number of carbonyl (C=O) groups is 2. The molecule has 0 saturated heterocycles. The highest BCUT2D eigenvalue weighted by Crippen LogP contribution is 2.18. The van der Waals surface area contributed by atoms with Crippen LogP contribution in [0, 0.1) is 13.8 Å². The number of amides is 2. The van der Waals surface area contributed by atoms with E-state index in [1.165, 1.54) is 10.5 Å². The summed E-state index contributed by atoms with van der Waals surface area (Å²) in [5, 5.41) is 2.85. The van der Waals surface area contributed by atoms with Gasteiger partial charge in [-0.2, -0.15) is 0 Å². The quantitative estimate of drug-likeness (QED) is 0.830. The van der Waals surface area contributed by atoms with Gasteiger partial charge in [-0.1, -0.05) is 31.2 Å². The molecule has 2 aromatic carbocycles. The third-order valence-electron chi connectivity index (χ3n) is 4.38. The maximum atomic E-state index is 12.2. The van der Waals surface area contributed by atoms with E-state index < -0.39 is 0 Å².